The molecule has 0 aliphatic rings. The molecule has 0 heterocycles. The zero-order valence-electron chi connectivity index (χ0n) is 14.1. The van der Waals surface area contributed by atoms with Crippen LogP contribution in [0.5, 0.6) is 0 Å². The quantitative estimate of drug-likeness (QED) is 0.543. The number of nitrogens with zero attached hydrogens (tertiary/aromatic N) is 1. The maximum atomic E-state index is 11.8. The van der Waals surface area contributed by atoms with Gasteiger partial charge in [0.25, 0.3) is 0 Å². The molecule has 1 amide bonds. The molecule has 0 fully saturated rings. The molecule has 0 aromatic rings. The van der Waals surface area contributed by atoms with Crippen LogP contribution in [0.15, 0.2) is 0 Å². The second-order valence-electron chi connectivity index (χ2n) is 6.23. The van der Waals surface area contributed by atoms with Crippen molar-refractivity contribution in [2.45, 2.75) is 59.8 Å². The summed E-state index contributed by atoms with van der Waals surface area (Å²) in [4.78, 5) is 24.2. The van der Waals surface area contributed by atoms with E-state index in [1.165, 1.54) is 0 Å². The monoisotopic (exact) mass is 300 g/mol. The minimum atomic E-state index is -0.731. The molecule has 5 nitrogen and oxygen atoms in total. The summed E-state index contributed by atoms with van der Waals surface area (Å²) < 4.78 is 0. The Balaban J connectivity index is 3.67. The van der Waals surface area contributed by atoms with Gasteiger partial charge >= 0.3 is 5.97 Å². The summed E-state index contributed by atoms with van der Waals surface area (Å²) in [5.41, 5.74) is 0.0441. The highest BCUT2D eigenvalue weighted by Crippen LogP contribution is 2.25. The predicted octanol–water partition coefficient (Wildman–Crippen LogP) is 2.51. The largest absolute Gasteiger partial charge is 0.481 e. The molecule has 0 spiro atoms. The number of carboxylic acids is 1. The van der Waals surface area contributed by atoms with Crippen molar-refractivity contribution in [1.82, 2.24) is 10.2 Å². The summed E-state index contributed by atoms with van der Waals surface area (Å²) >= 11 is 0. The molecule has 0 aromatic heterocycles. The Morgan fingerprint density at radius 1 is 1.05 bits per heavy atom. The second-order valence-corrected chi connectivity index (χ2v) is 6.23. The first-order valence-electron chi connectivity index (χ1n) is 8.02. The molecule has 5 heteroatoms. The first-order chi connectivity index (χ1) is 9.82. The van der Waals surface area contributed by atoms with Gasteiger partial charge in [-0.3, -0.25) is 9.59 Å². The van der Waals surface area contributed by atoms with Crippen LogP contribution in [0.2, 0.25) is 0 Å². The van der Waals surface area contributed by atoms with E-state index in [9.17, 15) is 9.59 Å². The average Bonchev–Trinajstić information content (AvgIpc) is 2.42. The van der Waals surface area contributed by atoms with Crippen LogP contribution in [-0.4, -0.2) is 48.1 Å². The van der Waals surface area contributed by atoms with Gasteiger partial charge in [-0.1, -0.05) is 13.8 Å². The first kappa shape index (κ1) is 19.9. The van der Waals surface area contributed by atoms with Crippen LogP contribution in [0.4, 0.5) is 0 Å². The fourth-order valence-electron chi connectivity index (χ4n) is 2.22. The van der Waals surface area contributed by atoms with Crippen molar-refractivity contribution in [3.8, 4) is 0 Å². The van der Waals surface area contributed by atoms with Crippen molar-refractivity contribution in [3.63, 3.8) is 0 Å². The topological polar surface area (TPSA) is 69.6 Å². The second kappa shape index (κ2) is 10.6. The first-order valence-corrected chi connectivity index (χ1v) is 8.02. The predicted molar refractivity (Wildman–Crippen MR) is 85.3 cm³/mol. The van der Waals surface area contributed by atoms with Gasteiger partial charge in [0.05, 0.1) is 0 Å². The van der Waals surface area contributed by atoms with Crippen LogP contribution in [0.25, 0.3) is 0 Å². The number of carbonyl (C=O) groups is 2. The van der Waals surface area contributed by atoms with Gasteiger partial charge in [0.1, 0.15) is 0 Å². The number of amides is 1. The highest BCUT2D eigenvalue weighted by atomic mass is 16.4. The summed E-state index contributed by atoms with van der Waals surface area (Å²) in [6.07, 6.45) is 3.32. The number of nitrogens with one attached hydrogen (secondary N) is 1. The minimum absolute atomic E-state index is 0.0441. The summed E-state index contributed by atoms with van der Waals surface area (Å²) in [6.45, 7) is 11.5. The Kier molecular flexibility index (Phi) is 10.0. The maximum absolute atomic E-state index is 11.8. The summed E-state index contributed by atoms with van der Waals surface area (Å²) in [7, 11) is 0. The van der Waals surface area contributed by atoms with E-state index in [2.05, 4.69) is 19.2 Å². The lowest BCUT2D eigenvalue weighted by molar-refractivity contribution is -0.137. The highest BCUT2D eigenvalue weighted by Gasteiger charge is 2.18. The van der Waals surface area contributed by atoms with Crippen molar-refractivity contribution in [3.05, 3.63) is 0 Å². The molecular weight excluding hydrogens is 268 g/mol. The van der Waals surface area contributed by atoms with Crippen LogP contribution < -0.4 is 5.32 Å². The zero-order valence-corrected chi connectivity index (χ0v) is 14.1. The molecule has 2 N–H and O–H groups in total. The molecule has 0 saturated heterocycles. The van der Waals surface area contributed by atoms with E-state index in [1.807, 2.05) is 18.7 Å². The molecule has 0 rings (SSSR count). The van der Waals surface area contributed by atoms with Crippen LogP contribution in [0.1, 0.15) is 59.8 Å². The van der Waals surface area contributed by atoms with Gasteiger partial charge in [-0.2, -0.15) is 0 Å². The molecule has 0 aliphatic carbocycles. The zero-order chi connectivity index (χ0) is 16.3. The third kappa shape index (κ3) is 10.3. The fourth-order valence-corrected chi connectivity index (χ4v) is 2.22. The fraction of sp³-hybridized carbons (Fsp3) is 0.875. The number of rotatable bonds is 12. The molecule has 0 radical (unpaired) electrons. The number of carboxylic acid groups (broad SMARTS) is 1. The Bertz CT molecular complexity index is 313. The normalized spacial score (nSPS) is 11.4. The molecule has 124 valence electrons. The van der Waals surface area contributed by atoms with Crippen molar-refractivity contribution in [2.24, 2.45) is 5.41 Å². The molecule has 0 unspecified atom stereocenters. The van der Waals surface area contributed by atoms with Crippen molar-refractivity contribution >= 4 is 11.9 Å². The average molecular weight is 300 g/mol. The highest BCUT2D eigenvalue weighted by molar-refractivity contribution is 5.76. The molecule has 0 saturated carbocycles. The molecular formula is C16H32N2O3. The van der Waals surface area contributed by atoms with Gasteiger partial charge in [0, 0.05) is 25.9 Å². The number of hydrogen-bond donors (Lipinski definition) is 2. The summed E-state index contributed by atoms with van der Waals surface area (Å²) in [6, 6.07) is 0. The smallest absolute Gasteiger partial charge is 0.303 e. The number of hydrogen-bond acceptors (Lipinski definition) is 3. The van der Waals surface area contributed by atoms with Gasteiger partial charge in [-0.25, -0.2) is 0 Å². The van der Waals surface area contributed by atoms with E-state index < -0.39 is 5.97 Å². The summed E-state index contributed by atoms with van der Waals surface area (Å²) in [5.74, 6) is -0.505. The van der Waals surface area contributed by atoms with Crippen molar-refractivity contribution in [1.29, 1.82) is 0 Å². The Hall–Kier alpha value is -1.10. The maximum Gasteiger partial charge on any atom is 0.303 e. The van der Waals surface area contributed by atoms with Crippen LogP contribution >= 0.6 is 0 Å². The number of aliphatic carboxylic acids is 1. The van der Waals surface area contributed by atoms with E-state index in [0.29, 0.717) is 12.8 Å². The summed E-state index contributed by atoms with van der Waals surface area (Å²) in [5, 5.41) is 12.0. The van der Waals surface area contributed by atoms with Gasteiger partial charge in [-0.15, -0.1) is 0 Å². The van der Waals surface area contributed by atoms with Crippen LogP contribution in [0.3, 0.4) is 0 Å². The van der Waals surface area contributed by atoms with Gasteiger partial charge < -0.3 is 15.3 Å². The molecule has 0 atom stereocenters. The number of carbonyl (C=O) groups excluding carboxylic acids is 1. The van der Waals surface area contributed by atoms with Crippen LogP contribution in [0, 0.1) is 5.41 Å². The van der Waals surface area contributed by atoms with Gasteiger partial charge in [0.2, 0.25) is 5.91 Å². The lowest BCUT2D eigenvalue weighted by atomic mass is 9.84. The van der Waals surface area contributed by atoms with Gasteiger partial charge in [0.15, 0.2) is 0 Å². The lowest BCUT2D eigenvalue weighted by Gasteiger charge is -2.24. The van der Waals surface area contributed by atoms with Gasteiger partial charge in [-0.05, 0) is 51.6 Å². The Morgan fingerprint density at radius 2 is 1.67 bits per heavy atom. The third-order valence-corrected chi connectivity index (χ3v) is 3.85. The molecule has 0 aromatic carbocycles. The van der Waals surface area contributed by atoms with E-state index >= 15 is 0 Å². The standard InChI is InChI=1S/C16H32N2O3/c1-5-18(6-2)14(19)8-7-12-17-13-11-16(3,4)10-9-15(20)21/h17H,5-13H2,1-4H3,(H,20,21). The van der Waals surface area contributed by atoms with Crippen molar-refractivity contribution < 1.29 is 14.7 Å². The van der Waals surface area contributed by atoms with Crippen LogP contribution in [-0.2, 0) is 9.59 Å². The van der Waals surface area contributed by atoms with E-state index in [1.54, 1.807) is 0 Å². The van der Waals surface area contributed by atoms with E-state index in [0.717, 1.165) is 39.0 Å². The van der Waals surface area contributed by atoms with E-state index in [-0.39, 0.29) is 17.7 Å². The lowest BCUT2D eigenvalue weighted by Crippen LogP contribution is -2.31. The third-order valence-electron chi connectivity index (χ3n) is 3.85. The Labute approximate surface area is 129 Å². The Morgan fingerprint density at radius 3 is 2.19 bits per heavy atom. The molecule has 0 bridgehead atoms. The minimum Gasteiger partial charge on any atom is -0.481 e. The van der Waals surface area contributed by atoms with Crippen molar-refractivity contribution in [2.75, 3.05) is 26.2 Å². The molecule has 21 heavy (non-hydrogen) atoms. The SMILES string of the molecule is CCN(CC)C(=O)CCCNCCC(C)(C)CCC(=O)O. The molecule has 0 aliphatic heterocycles. The van der Waals surface area contributed by atoms with E-state index in [4.69, 9.17) is 5.11 Å².